The van der Waals surface area contributed by atoms with E-state index in [1.807, 2.05) is 24.3 Å². The van der Waals surface area contributed by atoms with Crippen molar-refractivity contribution in [1.29, 1.82) is 0 Å². The smallest absolute Gasteiger partial charge is 0.142 e. The second-order valence-electron chi connectivity index (χ2n) is 4.85. The molecular formula is C17H13ClFNO. The Morgan fingerprint density at radius 1 is 1.10 bits per heavy atom. The standard InChI is InChI=1S/C17H13ClFNO/c18-17-11(4-3-6-14(17)19)10-16(21)13-8-9-20-15-7-2-1-5-12(13)15/h1-9,16,21H,10H2. The number of nitrogens with zero attached hydrogens (tertiary/aromatic N) is 1. The van der Waals surface area contributed by atoms with Crippen LogP contribution in [0.25, 0.3) is 10.9 Å². The number of hydrogen-bond donors (Lipinski definition) is 1. The van der Waals surface area contributed by atoms with E-state index in [1.165, 1.54) is 6.07 Å². The number of pyridine rings is 1. The van der Waals surface area contributed by atoms with Crippen LogP contribution in [0.5, 0.6) is 0 Å². The molecule has 0 radical (unpaired) electrons. The molecule has 21 heavy (non-hydrogen) atoms. The molecule has 106 valence electrons. The summed E-state index contributed by atoms with van der Waals surface area (Å²) in [5, 5.41) is 11.4. The number of aliphatic hydroxyl groups is 1. The Balaban J connectivity index is 1.97. The molecule has 0 amide bonds. The van der Waals surface area contributed by atoms with Crippen LogP contribution >= 0.6 is 11.6 Å². The summed E-state index contributed by atoms with van der Waals surface area (Å²) in [6.45, 7) is 0. The molecule has 1 heterocycles. The summed E-state index contributed by atoms with van der Waals surface area (Å²) in [5.74, 6) is -0.471. The van der Waals surface area contributed by atoms with Gasteiger partial charge in [-0.3, -0.25) is 4.98 Å². The lowest BCUT2D eigenvalue weighted by atomic mass is 9.98. The maximum atomic E-state index is 13.5. The molecule has 0 fully saturated rings. The van der Waals surface area contributed by atoms with Gasteiger partial charge in [0, 0.05) is 18.0 Å². The van der Waals surface area contributed by atoms with E-state index >= 15 is 0 Å². The van der Waals surface area contributed by atoms with Gasteiger partial charge in [-0.05, 0) is 29.3 Å². The summed E-state index contributed by atoms with van der Waals surface area (Å²) in [6, 6.07) is 14.0. The van der Waals surface area contributed by atoms with Crippen molar-refractivity contribution in [2.75, 3.05) is 0 Å². The first-order valence-electron chi connectivity index (χ1n) is 6.61. The summed E-state index contributed by atoms with van der Waals surface area (Å²) in [5.41, 5.74) is 2.17. The maximum absolute atomic E-state index is 13.5. The molecule has 0 saturated heterocycles. The van der Waals surface area contributed by atoms with Gasteiger partial charge >= 0.3 is 0 Å². The molecule has 2 aromatic carbocycles. The van der Waals surface area contributed by atoms with E-state index in [1.54, 1.807) is 24.4 Å². The van der Waals surface area contributed by atoms with Crippen molar-refractivity contribution in [1.82, 2.24) is 4.98 Å². The zero-order chi connectivity index (χ0) is 14.8. The van der Waals surface area contributed by atoms with Gasteiger partial charge in [-0.2, -0.15) is 0 Å². The van der Waals surface area contributed by atoms with Gasteiger partial charge in [-0.15, -0.1) is 0 Å². The Morgan fingerprint density at radius 3 is 2.76 bits per heavy atom. The predicted molar refractivity (Wildman–Crippen MR) is 81.8 cm³/mol. The number of benzene rings is 2. The van der Waals surface area contributed by atoms with Crippen molar-refractivity contribution in [3.63, 3.8) is 0 Å². The predicted octanol–water partition coefficient (Wildman–Crippen LogP) is 4.30. The highest BCUT2D eigenvalue weighted by Crippen LogP contribution is 2.28. The van der Waals surface area contributed by atoms with Gasteiger partial charge in [0.2, 0.25) is 0 Å². The number of para-hydroxylation sites is 1. The highest BCUT2D eigenvalue weighted by molar-refractivity contribution is 6.31. The van der Waals surface area contributed by atoms with Gasteiger partial charge in [0.25, 0.3) is 0 Å². The third kappa shape index (κ3) is 2.75. The van der Waals surface area contributed by atoms with Gasteiger partial charge in [0.1, 0.15) is 5.82 Å². The zero-order valence-corrected chi connectivity index (χ0v) is 11.9. The summed E-state index contributed by atoms with van der Waals surface area (Å²) in [7, 11) is 0. The number of aromatic nitrogens is 1. The van der Waals surface area contributed by atoms with Crippen molar-refractivity contribution in [3.8, 4) is 0 Å². The average molecular weight is 302 g/mol. The fourth-order valence-electron chi connectivity index (χ4n) is 2.43. The Hall–Kier alpha value is -1.97. The first kappa shape index (κ1) is 14.0. The monoisotopic (exact) mass is 301 g/mol. The lowest BCUT2D eigenvalue weighted by Crippen LogP contribution is -2.04. The minimum Gasteiger partial charge on any atom is -0.388 e. The van der Waals surface area contributed by atoms with Crippen LogP contribution < -0.4 is 0 Å². The van der Waals surface area contributed by atoms with Crippen LogP contribution in [0.15, 0.2) is 54.7 Å². The van der Waals surface area contributed by atoms with Crippen LogP contribution in [0.2, 0.25) is 5.02 Å². The number of aliphatic hydroxyl groups excluding tert-OH is 1. The van der Waals surface area contributed by atoms with E-state index in [0.29, 0.717) is 5.56 Å². The summed E-state index contributed by atoms with van der Waals surface area (Å²) in [6.07, 6.45) is 1.15. The lowest BCUT2D eigenvalue weighted by Gasteiger charge is -2.14. The molecule has 3 aromatic rings. The van der Waals surface area contributed by atoms with Crippen LogP contribution in [0, 0.1) is 5.82 Å². The van der Waals surface area contributed by atoms with Crippen molar-refractivity contribution >= 4 is 22.5 Å². The SMILES string of the molecule is OC(Cc1cccc(F)c1Cl)c1ccnc2ccccc12. The van der Waals surface area contributed by atoms with Gasteiger partial charge in [0.15, 0.2) is 0 Å². The summed E-state index contributed by atoms with van der Waals surface area (Å²) in [4.78, 5) is 4.27. The van der Waals surface area contributed by atoms with Gasteiger partial charge < -0.3 is 5.11 Å². The van der Waals surface area contributed by atoms with E-state index in [-0.39, 0.29) is 11.4 Å². The highest BCUT2D eigenvalue weighted by atomic mass is 35.5. The molecule has 0 bridgehead atoms. The van der Waals surface area contributed by atoms with Gasteiger partial charge in [-0.25, -0.2) is 4.39 Å². The molecule has 1 N–H and O–H groups in total. The average Bonchev–Trinajstić information content (AvgIpc) is 2.51. The van der Waals surface area contributed by atoms with Crippen LogP contribution in [0.3, 0.4) is 0 Å². The largest absolute Gasteiger partial charge is 0.388 e. The minimum atomic E-state index is -0.766. The minimum absolute atomic E-state index is 0.0647. The van der Waals surface area contributed by atoms with Crippen LogP contribution in [-0.4, -0.2) is 10.1 Å². The van der Waals surface area contributed by atoms with Crippen molar-refractivity contribution in [2.24, 2.45) is 0 Å². The van der Waals surface area contributed by atoms with E-state index in [9.17, 15) is 9.50 Å². The van der Waals surface area contributed by atoms with Crippen molar-refractivity contribution in [3.05, 3.63) is 76.7 Å². The van der Waals surface area contributed by atoms with E-state index in [0.717, 1.165) is 16.5 Å². The Morgan fingerprint density at radius 2 is 1.90 bits per heavy atom. The second-order valence-corrected chi connectivity index (χ2v) is 5.23. The molecule has 0 saturated carbocycles. The van der Waals surface area contributed by atoms with E-state index < -0.39 is 11.9 Å². The quantitative estimate of drug-likeness (QED) is 0.782. The zero-order valence-electron chi connectivity index (χ0n) is 11.1. The molecule has 3 rings (SSSR count). The third-order valence-corrected chi connectivity index (χ3v) is 3.91. The number of hydrogen-bond acceptors (Lipinski definition) is 2. The third-order valence-electron chi connectivity index (χ3n) is 3.49. The Kier molecular flexibility index (Phi) is 3.86. The molecule has 0 spiro atoms. The molecule has 0 aliphatic heterocycles. The lowest BCUT2D eigenvalue weighted by molar-refractivity contribution is 0.180. The first-order chi connectivity index (χ1) is 10.2. The van der Waals surface area contributed by atoms with Crippen molar-refractivity contribution < 1.29 is 9.50 Å². The fourth-order valence-corrected chi connectivity index (χ4v) is 2.64. The van der Waals surface area contributed by atoms with E-state index in [4.69, 9.17) is 11.6 Å². The fraction of sp³-hybridized carbons (Fsp3) is 0.118. The maximum Gasteiger partial charge on any atom is 0.142 e. The molecule has 0 aliphatic carbocycles. The van der Waals surface area contributed by atoms with Gasteiger partial charge in [-0.1, -0.05) is 41.9 Å². The van der Waals surface area contributed by atoms with Gasteiger partial charge in [0.05, 0.1) is 16.6 Å². The molecule has 1 unspecified atom stereocenters. The topological polar surface area (TPSA) is 33.1 Å². The van der Waals surface area contributed by atoms with Crippen LogP contribution in [-0.2, 0) is 6.42 Å². The molecule has 0 aliphatic rings. The number of halogens is 2. The Bertz CT molecular complexity index is 785. The molecule has 1 aromatic heterocycles. The van der Waals surface area contributed by atoms with E-state index in [2.05, 4.69) is 4.98 Å². The summed E-state index contributed by atoms with van der Waals surface area (Å²) < 4.78 is 13.5. The highest BCUT2D eigenvalue weighted by Gasteiger charge is 2.15. The molecular weight excluding hydrogens is 289 g/mol. The normalized spacial score (nSPS) is 12.5. The number of rotatable bonds is 3. The second kappa shape index (κ2) is 5.80. The number of fused-ring (bicyclic) bond motifs is 1. The Labute approximate surface area is 126 Å². The van der Waals surface area contributed by atoms with Crippen molar-refractivity contribution in [2.45, 2.75) is 12.5 Å². The van der Waals surface area contributed by atoms with Crippen LogP contribution in [0.1, 0.15) is 17.2 Å². The first-order valence-corrected chi connectivity index (χ1v) is 6.99. The van der Waals surface area contributed by atoms with Crippen LogP contribution in [0.4, 0.5) is 4.39 Å². The molecule has 2 nitrogen and oxygen atoms in total. The summed E-state index contributed by atoms with van der Waals surface area (Å²) >= 11 is 5.94. The molecule has 1 atom stereocenters. The molecule has 4 heteroatoms.